The summed E-state index contributed by atoms with van der Waals surface area (Å²) in [4.78, 5) is 27.1. The minimum Gasteiger partial charge on any atom is -0.351 e. The van der Waals surface area contributed by atoms with Gasteiger partial charge in [-0.1, -0.05) is 36.2 Å². The summed E-state index contributed by atoms with van der Waals surface area (Å²) in [5.41, 5.74) is 5.40. The Kier molecular flexibility index (Phi) is 5.88. The number of amides is 1. The van der Waals surface area contributed by atoms with E-state index in [1.807, 2.05) is 71.9 Å². The van der Waals surface area contributed by atoms with Gasteiger partial charge in [-0.2, -0.15) is 5.10 Å². The first kappa shape index (κ1) is 22.3. The summed E-state index contributed by atoms with van der Waals surface area (Å²) >= 11 is 1.58. The molecule has 1 amide bonds. The molecule has 5 aromatic rings. The Labute approximate surface area is 211 Å². The first-order chi connectivity index (χ1) is 17.7. The predicted octanol–water partition coefficient (Wildman–Crippen LogP) is 4.45. The predicted molar refractivity (Wildman–Crippen MR) is 143 cm³/mol. The summed E-state index contributed by atoms with van der Waals surface area (Å²) in [6.07, 6.45) is 7.39. The molecule has 0 bridgehead atoms. The van der Waals surface area contributed by atoms with Crippen molar-refractivity contribution >= 4 is 40.3 Å². The molecule has 4 N–H and O–H groups in total. The van der Waals surface area contributed by atoms with E-state index in [-0.39, 0.29) is 5.91 Å². The molecule has 9 nitrogen and oxygen atoms in total. The Balaban J connectivity index is 1.18. The molecule has 1 fully saturated rings. The number of rotatable bonds is 7. The number of carbonyl (C=O) groups excluding carboxylic acids is 1. The maximum Gasteiger partial charge on any atom is 0.270 e. The van der Waals surface area contributed by atoms with Gasteiger partial charge in [-0.25, -0.2) is 9.97 Å². The zero-order valence-corrected chi connectivity index (χ0v) is 20.3. The molecule has 0 atom stereocenters. The van der Waals surface area contributed by atoms with Crippen molar-refractivity contribution in [1.29, 1.82) is 0 Å². The fourth-order valence-corrected chi connectivity index (χ4v) is 4.79. The number of carbonyl (C=O) groups is 1. The Bertz CT molecular complexity index is 1510. The van der Waals surface area contributed by atoms with E-state index < -0.39 is 0 Å². The SMILES string of the molecule is CSNC1CN(C(=O)c2cc3ccc(-c4nccc(Nc5ccc(-c6cn[nH]c6)cc5)n4)cc3[nH]2)C1. The molecule has 180 valence electrons. The minimum absolute atomic E-state index is 0.0214. The molecule has 1 saturated heterocycles. The Hall–Kier alpha value is -4.15. The van der Waals surface area contributed by atoms with Gasteiger partial charge in [-0.3, -0.25) is 14.6 Å². The minimum atomic E-state index is 0.0214. The van der Waals surface area contributed by atoms with Gasteiger partial charge < -0.3 is 15.2 Å². The third-order valence-corrected chi connectivity index (χ3v) is 6.78. The number of H-pyrrole nitrogens is 2. The zero-order valence-electron chi connectivity index (χ0n) is 19.5. The molecule has 1 aliphatic rings. The highest BCUT2D eigenvalue weighted by atomic mass is 32.2. The van der Waals surface area contributed by atoms with E-state index in [2.05, 4.69) is 30.2 Å². The third-order valence-electron chi connectivity index (χ3n) is 6.21. The van der Waals surface area contributed by atoms with Crippen molar-refractivity contribution in [2.24, 2.45) is 0 Å². The third kappa shape index (κ3) is 4.43. The van der Waals surface area contributed by atoms with E-state index in [0.29, 0.717) is 23.4 Å². The number of hydrogen-bond donors (Lipinski definition) is 4. The lowest BCUT2D eigenvalue weighted by Gasteiger charge is -2.38. The van der Waals surface area contributed by atoms with Gasteiger partial charge in [0.2, 0.25) is 0 Å². The highest BCUT2D eigenvalue weighted by Gasteiger charge is 2.31. The second kappa shape index (κ2) is 9.48. The smallest absolute Gasteiger partial charge is 0.270 e. The van der Waals surface area contributed by atoms with Crippen LogP contribution in [0, 0.1) is 0 Å². The topological polar surface area (TPSA) is 115 Å². The quantitative estimate of drug-likeness (QED) is 0.246. The van der Waals surface area contributed by atoms with Gasteiger partial charge in [-0.05, 0) is 42.2 Å². The summed E-state index contributed by atoms with van der Waals surface area (Å²) in [5.74, 6) is 1.32. The monoisotopic (exact) mass is 496 g/mol. The average Bonchev–Trinajstić information content (AvgIpc) is 3.56. The van der Waals surface area contributed by atoms with Crippen LogP contribution in [-0.2, 0) is 0 Å². The second-order valence-corrected chi connectivity index (χ2v) is 9.31. The number of nitrogens with one attached hydrogen (secondary N) is 4. The van der Waals surface area contributed by atoms with Crippen molar-refractivity contribution in [2.45, 2.75) is 6.04 Å². The van der Waals surface area contributed by atoms with Crippen LogP contribution in [0.3, 0.4) is 0 Å². The Morgan fingerprint density at radius 3 is 2.67 bits per heavy atom. The van der Waals surface area contributed by atoms with Gasteiger partial charge in [0.1, 0.15) is 11.5 Å². The number of aromatic nitrogens is 5. The number of nitrogens with zero attached hydrogens (tertiary/aromatic N) is 4. The van der Waals surface area contributed by atoms with Crippen molar-refractivity contribution in [3.8, 4) is 22.5 Å². The summed E-state index contributed by atoms with van der Waals surface area (Å²) in [6, 6.07) is 18.1. The van der Waals surface area contributed by atoms with Crippen molar-refractivity contribution < 1.29 is 4.79 Å². The fraction of sp³-hybridized carbons (Fsp3) is 0.154. The van der Waals surface area contributed by atoms with E-state index >= 15 is 0 Å². The van der Waals surface area contributed by atoms with Crippen LogP contribution in [0.5, 0.6) is 0 Å². The van der Waals surface area contributed by atoms with Crippen LogP contribution < -0.4 is 10.0 Å². The maximum atomic E-state index is 12.8. The molecule has 0 radical (unpaired) electrons. The average molecular weight is 497 g/mol. The molecule has 1 aliphatic heterocycles. The van der Waals surface area contributed by atoms with Gasteiger partial charge in [0, 0.05) is 53.2 Å². The summed E-state index contributed by atoms with van der Waals surface area (Å²) in [6.45, 7) is 1.44. The van der Waals surface area contributed by atoms with Gasteiger partial charge in [-0.15, -0.1) is 0 Å². The van der Waals surface area contributed by atoms with E-state index in [9.17, 15) is 4.79 Å². The highest BCUT2D eigenvalue weighted by Crippen LogP contribution is 2.26. The molecule has 0 spiro atoms. The van der Waals surface area contributed by atoms with E-state index in [0.717, 1.165) is 46.4 Å². The first-order valence-electron chi connectivity index (χ1n) is 11.6. The molecule has 6 rings (SSSR count). The lowest BCUT2D eigenvalue weighted by molar-refractivity contribution is 0.0590. The lowest BCUT2D eigenvalue weighted by atomic mass is 10.1. The number of fused-ring (bicyclic) bond motifs is 1. The van der Waals surface area contributed by atoms with Crippen LogP contribution in [-0.4, -0.2) is 61.3 Å². The van der Waals surface area contributed by atoms with Crippen LogP contribution in [0.15, 0.2) is 73.2 Å². The van der Waals surface area contributed by atoms with Crippen molar-refractivity contribution in [3.05, 3.63) is 78.9 Å². The Morgan fingerprint density at radius 2 is 1.89 bits per heavy atom. The summed E-state index contributed by atoms with van der Waals surface area (Å²) in [5, 5.41) is 11.2. The second-order valence-electron chi connectivity index (χ2n) is 8.67. The standard InChI is InChI=1S/C26H24N8OS/c1-36-33-21-14-34(15-21)26(35)23-10-17-2-3-18(11-22(17)31-23)25-27-9-8-24(32-25)30-20-6-4-16(5-7-20)19-12-28-29-13-19/h2-13,21,31,33H,14-15H2,1H3,(H,28,29)(H,27,30,32). The molecule has 0 unspecified atom stereocenters. The number of anilines is 2. The number of hydrogen-bond acceptors (Lipinski definition) is 7. The van der Waals surface area contributed by atoms with Crippen molar-refractivity contribution in [3.63, 3.8) is 0 Å². The Morgan fingerprint density at radius 1 is 1.06 bits per heavy atom. The van der Waals surface area contributed by atoms with Crippen molar-refractivity contribution in [2.75, 3.05) is 24.7 Å². The van der Waals surface area contributed by atoms with Crippen LogP contribution in [0.4, 0.5) is 11.5 Å². The lowest BCUT2D eigenvalue weighted by Crippen LogP contribution is -2.58. The molecule has 0 saturated carbocycles. The number of likely N-dealkylation sites (tertiary alicyclic amines) is 1. The van der Waals surface area contributed by atoms with Gasteiger partial charge >= 0.3 is 0 Å². The van der Waals surface area contributed by atoms with Crippen LogP contribution in [0.2, 0.25) is 0 Å². The van der Waals surface area contributed by atoms with E-state index in [1.54, 1.807) is 24.3 Å². The molecule has 3 aromatic heterocycles. The maximum absolute atomic E-state index is 12.8. The molecule has 36 heavy (non-hydrogen) atoms. The summed E-state index contributed by atoms with van der Waals surface area (Å²) < 4.78 is 3.29. The van der Waals surface area contributed by atoms with E-state index in [4.69, 9.17) is 4.98 Å². The van der Waals surface area contributed by atoms with Crippen LogP contribution in [0.1, 0.15) is 10.5 Å². The van der Waals surface area contributed by atoms with Gasteiger partial charge in [0.15, 0.2) is 5.82 Å². The molecule has 4 heterocycles. The largest absolute Gasteiger partial charge is 0.351 e. The van der Waals surface area contributed by atoms with Gasteiger partial charge in [0.25, 0.3) is 5.91 Å². The summed E-state index contributed by atoms with van der Waals surface area (Å²) in [7, 11) is 0. The molecular weight excluding hydrogens is 472 g/mol. The number of aromatic amines is 2. The van der Waals surface area contributed by atoms with Gasteiger partial charge in [0.05, 0.1) is 12.2 Å². The fourth-order valence-electron chi connectivity index (χ4n) is 4.31. The van der Waals surface area contributed by atoms with Crippen LogP contribution in [0.25, 0.3) is 33.4 Å². The normalized spacial score (nSPS) is 13.6. The molecular formula is C26H24N8OS. The molecule has 0 aliphatic carbocycles. The first-order valence-corrected chi connectivity index (χ1v) is 12.8. The molecule has 10 heteroatoms. The van der Waals surface area contributed by atoms with E-state index in [1.165, 1.54) is 0 Å². The van der Waals surface area contributed by atoms with Crippen molar-refractivity contribution in [1.82, 2.24) is 34.8 Å². The van der Waals surface area contributed by atoms with Crippen LogP contribution >= 0.6 is 11.9 Å². The molecule has 2 aromatic carbocycles. The number of benzene rings is 2. The highest BCUT2D eigenvalue weighted by molar-refractivity contribution is 7.96. The zero-order chi connectivity index (χ0) is 24.5.